The van der Waals surface area contributed by atoms with Crippen molar-refractivity contribution in [3.8, 4) is 28.3 Å². The Kier molecular flexibility index (Phi) is 13.4. The molecule has 1 N–H and O–H groups in total. The van der Waals surface area contributed by atoms with Gasteiger partial charge in [-0.25, -0.2) is 9.37 Å². The first-order valence-electron chi connectivity index (χ1n) is 15.1. The molecule has 0 radical (unpaired) electrons. The van der Waals surface area contributed by atoms with E-state index in [0.29, 0.717) is 53.0 Å². The van der Waals surface area contributed by atoms with Gasteiger partial charge in [0.15, 0.2) is 12.1 Å². The van der Waals surface area contributed by atoms with E-state index in [1.54, 1.807) is 6.07 Å². The molecule has 4 aromatic rings. The molecule has 0 aliphatic heterocycles. The minimum Gasteiger partial charge on any atom is -1.00 e. The van der Waals surface area contributed by atoms with Crippen LogP contribution in [0.5, 0.6) is 5.75 Å². The number of carbonyl (C=O) groups excluding carboxylic acids is 1. The van der Waals surface area contributed by atoms with Crippen LogP contribution in [0.4, 0.5) is 4.39 Å². The summed E-state index contributed by atoms with van der Waals surface area (Å²) in [6.07, 6.45) is 7.85. The molecule has 0 saturated heterocycles. The number of unbranched alkanes of at least 4 members (excludes halogenated alkanes) is 1. The molecule has 1 aromatic heterocycles. The molecule has 0 aliphatic carbocycles. The molecule has 6 nitrogen and oxygen atoms in total. The number of ether oxygens (including phenoxy) is 1. The average Bonchev–Trinajstić information content (AvgIpc) is 3.41. The van der Waals surface area contributed by atoms with E-state index in [9.17, 15) is 9.18 Å². The fraction of sp³-hybridized carbons (Fsp3) is 0.333. The van der Waals surface area contributed by atoms with E-state index in [1.807, 2.05) is 30.4 Å². The Balaban J connectivity index is 0.00000552. The van der Waals surface area contributed by atoms with E-state index in [0.717, 1.165) is 60.4 Å². The van der Waals surface area contributed by atoms with Gasteiger partial charge >= 0.3 is 0 Å². The van der Waals surface area contributed by atoms with E-state index in [2.05, 4.69) is 56.6 Å². The van der Waals surface area contributed by atoms with Gasteiger partial charge in [-0.2, -0.15) is 0 Å². The van der Waals surface area contributed by atoms with Crippen LogP contribution >= 0.6 is 11.6 Å². The number of oxazole rings is 1. The van der Waals surface area contributed by atoms with Crippen molar-refractivity contribution in [2.24, 2.45) is 0 Å². The summed E-state index contributed by atoms with van der Waals surface area (Å²) in [5, 5.41) is 3.05. The van der Waals surface area contributed by atoms with Gasteiger partial charge in [0.05, 0.1) is 32.3 Å². The van der Waals surface area contributed by atoms with Crippen LogP contribution < -0.4 is 27.0 Å². The molecule has 0 spiro atoms. The lowest BCUT2D eigenvalue weighted by atomic mass is 9.97. The molecule has 1 heterocycles. The third kappa shape index (κ3) is 9.76. The molecule has 45 heavy (non-hydrogen) atoms. The van der Waals surface area contributed by atoms with Crippen LogP contribution in [0.1, 0.15) is 37.3 Å². The average molecular weight is 699 g/mol. The highest BCUT2D eigenvalue weighted by molar-refractivity contribution is 6.30. The maximum atomic E-state index is 14.2. The zero-order valence-electron chi connectivity index (χ0n) is 26.3. The summed E-state index contributed by atoms with van der Waals surface area (Å²) in [4.78, 5) is 17.0. The molecule has 0 bridgehead atoms. The predicted molar refractivity (Wildman–Crippen MR) is 178 cm³/mol. The zero-order valence-corrected chi connectivity index (χ0v) is 28.6. The number of benzene rings is 3. The van der Waals surface area contributed by atoms with Crippen molar-refractivity contribution in [3.05, 3.63) is 95.8 Å². The number of likely N-dealkylation sites (N-methyl/N-ethyl adjacent to an activating group) is 1. The molecule has 0 fully saturated rings. The minimum absolute atomic E-state index is 0. The van der Waals surface area contributed by atoms with Gasteiger partial charge in [0.1, 0.15) is 17.1 Å². The highest BCUT2D eigenvalue weighted by atomic mass is 79.9. The number of amides is 1. The van der Waals surface area contributed by atoms with Gasteiger partial charge < -0.3 is 35.9 Å². The normalized spacial score (nSPS) is 11.2. The first-order valence-corrected chi connectivity index (χ1v) is 15.5. The van der Waals surface area contributed by atoms with E-state index < -0.39 is 5.82 Å². The standard InChI is InChI=1S/C36H41ClFN3O3.BrH/c1-6-9-17-39-34(42)24-41(4,5)18-10-19-43-33-16-14-26(22-27(33)12-8-3)29-20-25(11-7-2)21-32-35(29)44-36(40-32)28-13-15-30(37)31(38)23-28;/h7-8,13-16,20-23H,2-3,6,9-12,17-19,24H2,1,4-5H3;1H. The Morgan fingerprint density at radius 1 is 1.07 bits per heavy atom. The van der Waals surface area contributed by atoms with Gasteiger partial charge in [0.25, 0.3) is 5.91 Å². The second-order valence-corrected chi connectivity index (χ2v) is 12.1. The van der Waals surface area contributed by atoms with Crippen molar-refractivity contribution in [1.82, 2.24) is 10.3 Å². The zero-order chi connectivity index (χ0) is 31.7. The lowest BCUT2D eigenvalue weighted by molar-refractivity contribution is -0.882. The molecular formula is C36H42BrClFN3O3. The van der Waals surface area contributed by atoms with E-state index >= 15 is 0 Å². The summed E-state index contributed by atoms with van der Waals surface area (Å²) < 4.78 is 27.3. The Labute approximate surface area is 281 Å². The van der Waals surface area contributed by atoms with E-state index in [-0.39, 0.29) is 27.9 Å². The van der Waals surface area contributed by atoms with Gasteiger partial charge in [0.2, 0.25) is 5.89 Å². The maximum Gasteiger partial charge on any atom is 0.275 e. The SMILES string of the molecule is C=CCc1cc(-c2ccc(OCCC[N+](C)(C)CC(=O)NCCCC)c(CC=C)c2)c2oc(-c3ccc(Cl)c(F)c3)nc2c1.[Br-]. The lowest BCUT2D eigenvalue weighted by Crippen LogP contribution is -3.00. The number of carbonyl (C=O) groups is 1. The van der Waals surface area contributed by atoms with Crippen LogP contribution in [0.25, 0.3) is 33.7 Å². The Morgan fingerprint density at radius 2 is 1.82 bits per heavy atom. The second kappa shape index (κ2) is 16.7. The van der Waals surface area contributed by atoms with Crippen molar-refractivity contribution in [1.29, 1.82) is 0 Å². The van der Waals surface area contributed by atoms with Crippen LogP contribution in [0, 0.1) is 5.82 Å². The van der Waals surface area contributed by atoms with Crippen molar-refractivity contribution >= 4 is 28.6 Å². The molecule has 1 amide bonds. The van der Waals surface area contributed by atoms with Gasteiger partial charge in [-0.3, -0.25) is 4.79 Å². The number of nitrogens with zero attached hydrogens (tertiary/aromatic N) is 2. The van der Waals surface area contributed by atoms with Crippen LogP contribution in [-0.4, -0.2) is 55.7 Å². The maximum absolute atomic E-state index is 14.2. The van der Waals surface area contributed by atoms with Crippen molar-refractivity contribution in [2.75, 3.05) is 40.3 Å². The number of hydrogen-bond donors (Lipinski definition) is 1. The Bertz CT molecular complexity index is 1640. The molecule has 0 aliphatic rings. The van der Waals surface area contributed by atoms with Gasteiger partial charge in [-0.1, -0.05) is 43.2 Å². The molecular weight excluding hydrogens is 657 g/mol. The number of halogens is 3. The first kappa shape index (κ1) is 36.0. The highest BCUT2D eigenvalue weighted by Crippen LogP contribution is 2.36. The van der Waals surface area contributed by atoms with Gasteiger partial charge in [-0.15, -0.1) is 13.2 Å². The summed E-state index contributed by atoms with van der Waals surface area (Å²) in [5.74, 6) is 0.668. The van der Waals surface area contributed by atoms with Gasteiger partial charge in [0, 0.05) is 24.1 Å². The summed E-state index contributed by atoms with van der Waals surface area (Å²) in [7, 11) is 4.13. The minimum atomic E-state index is -0.529. The summed E-state index contributed by atoms with van der Waals surface area (Å²) in [5.41, 5.74) is 5.66. The monoisotopic (exact) mass is 697 g/mol. The number of hydrogen-bond acceptors (Lipinski definition) is 4. The lowest BCUT2D eigenvalue weighted by Gasteiger charge is -2.29. The predicted octanol–water partition coefficient (Wildman–Crippen LogP) is 5.18. The van der Waals surface area contributed by atoms with Gasteiger partial charge in [-0.05, 0) is 78.4 Å². The molecule has 0 atom stereocenters. The fourth-order valence-corrected chi connectivity index (χ4v) is 5.27. The van der Waals surface area contributed by atoms with Crippen LogP contribution in [0.3, 0.4) is 0 Å². The number of rotatable bonds is 16. The largest absolute Gasteiger partial charge is 1.00 e. The molecule has 240 valence electrons. The van der Waals surface area contributed by atoms with Crippen molar-refractivity contribution in [2.45, 2.75) is 39.0 Å². The summed E-state index contributed by atoms with van der Waals surface area (Å²) in [6, 6.07) is 14.6. The van der Waals surface area contributed by atoms with E-state index in [4.69, 9.17) is 20.8 Å². The smallest absolute Gasteiger partial charge is 0.275 e. The van der Waals surface area contributed by atoms with Crippen molar-refractivity contribution < 1.29 is 39.8 Å². The highest BCUT2D eigenvalue weighted by Gasteiger charge is 2.20. The van der Waals surface area contributed by atoms with Crippen LogP contribution in [0.2, 0.25) is 5.02 Å². The van der Waals surface area contributed by atoms with Crippen LogP contribution in [0.15, 0.2) is 78.3 Å². The van der Waals surface area contributed by atoms with Crippen LogP contribution in [-0.2, 0) is 17.6 Å². The Hall–Kier alpha value is -3.46. The molecule has 0 saturated carbocycles. The number of aromatic nitrogens is 1. The molecule has 4 rings (SSSR count). The quantitative estimate of drug-likeness (QED) is 0.0997. The third-order valence-electron chi connectivity index (χ3n) is 7.42. The van der Waals surface area contributed by atoms with Crippen molar-refractivity contribution in [3.63, 3.8) is 0 Å². The summed E-state index contributed by atoms with van der Waals surface area (Å²) in [6.45, 7) is 12.5. The number of nitrogens with one attached hydrogen (secondary N) is 1. The topological polar surface area (TPSA) is 64.4 Å². The number of fused-ring (bicyclic) bond motifs is 1. The fourth-order valence-electron chi connectivity index (χ4n) is 5.15. The second-order valence-electron chi connectivity index (χ2n) is 11.7. The molecule has 0 unspecified atom stereocenters. The third-order valence-corrected chi connectivity index (χ3v) is 7.73. The number of allylic oxidation sites excluding steroid dienone is 2. The first-order chi connectivity index (χ1) is 21.1. The summed E-state index contributed by atoms with van der Waals surface area (Å²) >= 11 is 5.89. The Morgan fingerprint density at radius 3 is 2.53 bits per heavy atom. The molecule has 3 aromatic carbocycles. The van der Waals surface area contributed by atoms with E-state index in [1.165, 1.54) is 12.1 Å². The molecule has 9 heteroatoms. The number of quaternary nitrogens is 1.